The van der Waals surface area contributed by atoms with E-state index in [1.54, 1.807) is 20.8 Å². The maximum absolute atomic E-state index is 12.3. The quantitative estimate of drug-likeness (QED) is 0.128. The first-order chi connectivity index (χ1) is 18.1. The molecule has 0 aliphatic carbocycles. The third-order valence-corrected chi connectivity index (χ3v) is 4.18. The lowest BCUT2D eigenvalue weighted by Crippen LogP contribution is -2.48. The predicted molar refractivity (Wildman–Crippen MR) is 140 cm³/mol. The minimum Gasteiger partial charge on any atom is -0.465 e. The number of ether oxygens (including phenoxy) is 2. The van der Waals surface area contributed by atoms with Crippen molar-refractivity contribution in [2.24, 2.45) is 5.73 Å². The van der Waals surface area contributed by atoms with Crippen LogP contribution in [0.4, 0.5) is 5.69 Å². The molecule has 13 nitrogen and oxygen atoms in total. The fourth-order valence-corrected chi connectivity index (χ4v) is 2.39. The number of amides is 3. The average Bonchev–Trinajstić information content (AvgIpc) is 2.94. The number of pyridine rings is 1. The zero-order valence-corrected chi connectivity index (χ0v) is 22.6. The lowest BCUT2D eigenvalue weighted by atomic mass is 10.1. The highest BCUT2D eigenvalue weighted by Crippen LogP contribution is 2.13. The Morgan fingerprint density at radius 1 is 1.11 bits per heavy atom. The number of hydrogen-bond acceptors (Lipinski definition) is 10. The van der Waals surface area contributed by atoms with E-state index in [9.17, 15) is 29.2 Å². The van der Waals surface area contributed by atoms with Crippen LogP contribution in [0.25, 0.3) is 0 Å². The van der Waals surface area contributed by atoms with Crippen molar-refractivity contribution in [3.8, 4) is 12.3 Å². The molecule has 0 bridgehead atoms. The van der Waals surface area contributed by atoms with Crippen molar-refractivity contribution in [1.29, 1.82) is 0 Å². The average molecular weight is 538 g/mol. The molecule has 5 N–H and O–H groups in total. The van der Waals surface area contributed by atoms with Gasteiger partial charge in [-0.05, 0) is 32.4 Å². The Labute approximate surface area is 223 Å². The first-order valence-electron chi connectivity index (χ1n) is 12.2. The number of carbonyl (C=O) groups is 5. The Morgan fingerprint density at radius 2 is 1.71 bits per heavy atom. The summed E-state index contributed by atoms with van der Waals surface area (Å²) in [4.78, 5) is 61.5. The van der Waals surface area contributed by atoms with Crippen molar-refractivity contribution >= 4 is 35.3 Å². The van der Waals surface area contributed by atoms with Gasteiger partial charge < -0.3 is 25.8 Å². The maximum Gasteiger partial charge on any atom is 0.325 e. The van der Waals surface area contributed by atoms with Crippen molar-refractivity contribution in [2.75, 3.05) is 31.4 Å². The molecule has 38 heavy (non-hydrogen) atoms. The minimum absolute atomic E-state index is 0.0200. The molecular formula is C25H39N5O8. The summed E-state index contributed by atoms with van der Waals surface area (Å²) in [6.45, 7) is 9.18. The number of hydroxylamine groups is 1. The van der Waals surface area contributed by atoms with Crippen LogP contribution < -0.4 is 21.4 Å². The number of nitrogens with two attached hydrogens (primary N) is 1. The number of rotatable bonds is 12. The lowest BCUT2D eigenvalue weighted by Gasteiger charge is -2.19. The van der Waals surface area contributed by atoms with Crippen molar-refractivity contribution < 1.29 is 38.7 Å². The second-order valence-electron chi connectivity index (χ2n) is 6.80. The smallest absolute Gasteiger partial charge is 0.325 e. The van der Waals surface area contributed by atoms with E-state index >= 15 is 0 Å². The highest BCUT2D eigenvalue weighted by atomic mass is 16.5. The Bertz CT molecular complexity index is 915. The predicted octanol–water partition coefficient (Wildman–Crippen LogP) is 0.674. The number of nitrogens with one attached hydrogen (secondary N) is 2. The largest absolute Gasteiger partial charge is 0.465 e. The van der Waals surface area contributed by atoms with Crippen LogP contribution in [0.3, 0.4) is 0 Å². The molecule has 0 fully saturated rings. The Kier molecular flexibility index (Phi) is 21.1. The first-order valence-corrected chi connectivity index (χ1v) is 12.2. The number of terminal acetylenes is 1. The standard InChI is InChI=1S/C19H24N4O6.C4H9NO2.C2H6/c1-4-13-7-8-14(11-20-13)23(28)17(25)10-9-15(22-16(24)5-2)19(27)21-12-18(26)29-6-3;1-2-7-4(6)3-5;1-2/h1,7-8,11,15,28H,5-6,9-10,12H2,2-3H3,(H,21,27)(H,22,24);2-3,5H2,1H3;1-2H3/t15-;;/m0../s1. The molecule has 1 aromatic heterocycles. The molecule has 1 heterocycles. The maximum atomic E-state index is 12.3. The summed E-state index contributed by atoms with van der Waals surface area (Å²) >= 11 is 0. The zero-order chi connectivity index (χ0) is 29.5. The Balaban J connectivity index is 0. The summed E-state index contributed by atoms with van der Waals surface area (Å²) in [7, 11) is 0. The molecule has 0 saturated carbocycles. The zero-order valence-electron chi connectivity index (χ0n) is 22.6. The summed E-state index contributed by atoms with van der Waals surface area (Å²) in [6, 6.07) is 1.82. The van der Waals surface area contributed by atoms with Crippen LogP contribution in [-0.4, -0.2) is 72.2 Å². The van der Waals surface area contributed by atoms with Gasteiger partial charge in [0.1, 0.15) is 18.3 Å². The number of nitrogens with zero attached hydrogens (tertiary/aromatic N) is 2. The van der Waals surface area contributed by atoms with Gasteiger partial charge >= 0.3 is 11.9 Å². The fourth-order valence-electron chi connectivity index (χ4n) is 2.39. The summed E-state index contributed by atoms with van der Waals surface area (Å²) in [6.07, 6.45) is 6.22. The summed E-state index contributed by atoms with van der Waals surface area (Å²) in [5.41, 5.74) is 5.33. The molecule has 0 unspecified atom stereocenters. The summed E-state index contributed by atoms with van der Waals surface area (Å²) < 4.78 is 9.14. The van der Waals surface area contributed by atoms with Gasteiger partial charge in [-0.3, -0.25) is 29.2 Å². The van der Waals surface area contributed by atoms with Gasteiger partial charge in [0.25, 0.3) is 5.91 Å². The van der Waals surface area contributed by atoms with Crippen LogP contribution in [0.15, 0.2) is 18.3 Å². The van der Waals surface area contributed by atoms with E-state index in [4.69, 9.17) is 16.9 Å². The van der Waals surface area contributed by atoms with Crippen molar-refractivity contribution in [3.63, 3.8) is 0 Å². The third-order valence-electron chi connectivity index (χ3n) is 4.18. The van der Waals surface area contributed by atoms with Gasteiger partial charge in [-0.25, -0.2) is 4.98 Å². The van der Waals surface area contributed by atoms with Crippen LogP contribution >= 0.6 is 0 Å². The van der Waals surface area contributed by atoms with Crippen molar-refractivity contribution in [1.82, 2.24) is 15.6 Å². The van der Waals surface area contributed by atoms with Crippen LogP contribution in [0.1, 0.15) is 59.6 Å². The molecule has 13 heteroatoms. The molecule has 0 aromatic carbocycles. The number of carbonyl (C=O) groups excluding carboxylic acids is 5. The molecule has 0 radical (unpaired) electrons. The van der Waals surface area contributed by atoms with E-state index in [2.05, 4.69) is 26.3 Å². The Hall–Kier alpha value is -4.02. The van der Waals surface area contributed by atoms with Crippen LogP contribution in [0.5, 0.6) is 0 Å². The lowest BCUT2D eigenvalue weighted by molar-refractivity contribution is -0.143. The fraction of sp³-hybridized carbons (Fsp3) is 0.520. The van der Waals surface area contributed by atoms with Gasteiger partial charge in [-0.1, -0.05) is 26.7 Å². The van der Waals surface area contributed by atoms with Gasteiger partial charge in [0.05, 0.1) is 31.6 Å². The monoisotopic (exact) mass is 537 g/mol. The molecule has 212 valence electrons. The molecule has 0 spiro atoms. The van der Waals surface area contributed by atoms with Crippen LogP contribution in [0.2, 0.25) is 0 Å². The number of aromatic nitrogens is 1. The van der Waals surface area contributed by atoms with Gasteiger partial charge in [0.2, 0.25) is 11.8 Å². The first kappa shape index (κ1) is 36.1. The molecule has 1 rings (SSSR count). The highest BCUT2D eigenvalue weighted by Gasteiger charge is 2.24. The molecule has 1 aromatic rings. The molecule has 3 amide bonds. The second-order valence-corrected chi connectivity index (χ2v) is 6.80. The van der Waals surface area contributed by atoms with E-state index in [1.807, 2.05) is 13.8 Å². The summed E-state index contributed by atoms with van der Waals surface area (Å²) in [5.74, 6) is -0.410. The molecule has 1 atom stereocenters. The second kappa shape index (κ2) is 22.2. The normalized spacial score (nSPS) is 10.1. The van der Waals surface area contributed by atoms with Crippen molar-refractivity contribution in [3.05, 3.63) is 24.0 Å². The Morgan fingerprint density at radius 3 is 2.16 bits per heavy atom. The van der Waals surface area contributed by atoms with Crippen LogP contribution in [-0.2, 0) is 33.4 Å². The minimum atomic E-state index is -1.06. The number of hydrogen-bond donors (Lipinski definition) is 4. The molecular weight excluding hydrogens is 498 g/mol. The van der Waals surface area contributed by atoms with Gasteiger partial charge in [-0.15, -0.1) is 6.42 Å². The summed E-state index contributed by atoms with van der Waals surface area (Å²) in [5, 5.41) is 15.2. The van der Waals surface area contributed by atoms with Crippen molar-refractivity contribution in [2.45, 2.75) is 59.9 Å². The van der Waals surface area contributed by atoms with E-state index < -0.39 is 29.7 Å². The molecule has 0 aliphatic heterocycles. The highest BCUT2D eigenvalue weighted by molar-refractivity contribution is 5.93. The van der Waals surface area contributed by atoms with E-state index in [0.717, 1.165) is 0 Å². The topological polar surface area (TPSA) is 190 Å². The third kappa shape index (κ3) is 15.9. The van der Waals surface area contributed by atoms with E-state index in [1.165, 1.54) is 18.3 Å². The number of anilines is 1. The van der Waals surface area contributed by atoms with Gasteiger partial charge in [-0.2, -0.15) is 5.06 Å². The molecule has 0 aliphatic rings. The number of esters is 2. The SMILES string of the molecule is C#Cc1ccc(N(O)C(=O)CC[C@H](NC(=O)CC)C(=O)NCC(=O)OCC)cn1.CC.CCOC(=O)CN. The molecule has 0 saturated heterocycles. The van der Waals surface area contributed by atoms with E-state index in [-0.39, 0.29) is 50.6 Å². The van der Waals surface area contributed by atoms with Crippen LogP contribution in [0, 0.1) is 12.3 Å². The van der Waals surface area contributed by atoms with E-state index in [0.29, 0.717) is 17.4 Å². The van der Waals surface area contributed by atoms with Gasteiger partial charge in [0, 0.05) is 12.8 Å². The van der Waals surface area contributed by atoms with Gasteiger partial charge in [0.15, 0.2) is 0 Å².